The van der Waals surface area contributed by atoms with Gasteiger partial charge in [0.15, 0.2) is 0 Å². The van der Waals surface area contributed by atoms with Crippen molar-refractivity contribution in [2.24, 2.45) is 5.41 Å². The summed E-state index contributed by atoms with van der Waals surface area (Å²) >= 11 is 7.14. The van der Waals surface area contributed by atoms with Crippen LogP contribution in [0.2, 0.25) is 0 Å². The van der Waals surface area contributed by atoms with E-state index in [9.17, 15) is 4.79 Å². The van der Waals surface area contributed by atoms with Gasteiger partial charge < -0.3 is 5.32 Å². The summed E-state index contributed by atoms with van der Waals surface area (Å²) < 4.78 is -0.203. The predicted octanol–water partition coefficient (Wildman–Crippen LogP) is 3.66. The molecule has 2 aliphatic rings. The van der Waals surface area contributed by atoms with Crippen LogP contribution < -0.4 is 5.32 Å². The maximum atomic E-state index is 12.4. The summed E-state index contributed by atoms with van der Waals surface area (Å²) in [6, 6.07) is 10.9. The lowest BCUT2D eigenvalue weighted by Crippen LogP contribution is -2.46. The van der Waals surface area contributed by atoms with E-state index in [0.717, 1.165) is 38.9 Å². The molecule has 1 aromatic carbocycles. The van der Waals surface area contributed by atoms with Gasteiger partial charge in [0.25, 0.3) is 0 Å². The third-order valence-corrected chi connectivity index (χ3v) is 7.24. The van der Waals surface area contributed by atoms with E-state index in [0.29, 0.717) is 6.04 Å². The van der Waals surface area contributed by atoms with Crippen LogP contribution in [-0.2, 0) is 11.3 Å². The van der Waals surface area contributed by atoms with Crippen LogP contribution in [0.1, 0.15) is 31.7 Å². The van der Waals surface area contributed by atoms with E-state index in [1.165, 1.54) is 5.56 Å². The molecule has 22 heavy (non-hydrogen) atoms. The second kappa shape index (κ2) is 6.25. The van der Waals surface area contributed by atoms with Crippen molar-refractivity contribution in [2.75, 3.05) is 13.1 Å². The first-order valence-corrected chi connectivity index (χ1v) is 9.44. The van der Waals surface area contributed by atoms with Crippen LogP contribution in [0.25, 0.3) is 0 Å². The number of piperidine rings is 1. The molecule has 120 valence electrons. The molecule has 5 heteroatoms. The highest BCUT2D eigenvalue weighted by Gasteiger charge is 2.66. The Labute approximate surface area is 149 Å². The highest BCUT2D eigenvalue weighted by molar-refractivity contribution is 9.25. The van der Waals surface area contributed by atoms with Crippen molar-refractivity contribution in [3.05, 3.63) is 35.9 Å². The quantitative estimate of drug-likeness (QED) is 0.740. The summed E-state index contributed by atoms with van der Waals surface area (Å²) in [5.74, 6) is 0.169. The average molecular weight is 430 g/mol. The first kappa shape index (κ1) is 16.5. The highest BCUT2D eigenvalue weighted by Crippen LogP contribution is 2.66. The monoisotopic (exact) mass is 428 g/mol. The van der Waals surface area contributed by atoms with E-state index < -0.39 is 0 Å². The van der Waals surface area contributed by atoms with Gasteiger partial charge in [0.05, 0.1) is 8.65 Å². The van der Waals surface area contributed by atoms with E-state index in [-0.39, 0.29) is 14.6 Å². The van der Waals surface area contributed by atoms with Crippen LogP contribution in [0.5, 0.6) is 0 Å². The fourth-order valence-corrected chi connectivity index (χ4v) is 4.55. The topological polar surface area (TPSA) is 32.3 Å². The molecule has 1 N–H and O–H groups in total. The number of halogens is 2. The molecule has 1 atom stereocenters. The number of amides is 1. The van der Waals surface area contributed by atoms with Gasteiger partial charge in [-0.05, 0) is 31.7 Å². The molecule has 1 aliphatic heterocycles. The van der Waals surface area contributed by atoms with Gasteiger partial charge in [-0.3, -0.25) is 9.69 Å². The van der Waals surface area contributed by atoms with Crippen LogP contribution in [0.4, 0.5) is 0 Å². The number of hydrogen-bond acceptors (Lipinski definition) is 2. The number of carbonyl (C=O) groups is 1. The van der Waals surface area contributed by atoms with Gasteiger partial charge in [-0.15, -0.1) is 0 Å². The number of hydrogen-bond donors (Lipinski definition) is 1. The maximum Gasteiger partial charge on any atom is 0.228 e. The van der Waals surface area contributed by atoms with Crippen LogP contribution >= 0.6 is 31.9 Å². The van der Waals surface area contributed by atoms with Crippen LogP contribution in [-0.4, -0.2) is 33.2 Å². The van der Waals surface area contributed by atoms with Crippen LogP contribution in [0.3, 0.4) is 0 Å². The Hall–Kier alpha value is -0.390. The molecule has 0 aromatic heterocycles. The van der Waals surface area contributed by atoms with Crippen molar-refractivity contribution < 1.29 is 4.79 Å². The number of alkyl halides is 2. The van der Waals surface area contributed by atoms with Gasteiger partial charge in [0.2, 0.25) is 5.91 Å². The van der Waals surface area contributed by atoms with Gasteiger partial charge in [-0.1, -0.05) is 62.2 Å². The first-order valence-electron chi connectivity index (χ1n) is 7.86. The molecule has 1 aliphatic carbocycles. The predicted molar refractivity (Wildman–Crippen MR) is 96.2 cm³/mol. The summed E-state index contributed by atoms with van der Waals surface area (Å²) in [7, 11) is 0. The fourth-order valence-electron chi connectivity index (χ4n) is 3.07. The van der Waals surface area contributed by atoms with Gasteiger partial charge in [0.1, 0.15) is 0 Å². The largest absolute Gasteiger partial charge is 0.353 e. The zero-order chi connectivity index (χ0) is 15.8. The first-order chi connectivity index (χ1) is 10.4. The molecular formula is C17H22Br2N2O. The van der Waals surface area contributed by atoms with Crippen molar-refractivity contribution in [1.82, 2.24) is 10.2 Å². The molecule has 1 aromatic rings. The Bertz CT molecular complexity index is 541. The molecule has 3 rings (SSSR count). The SMILES string of the molecule is C[C@@]1(C(=O)NC2CCN(Cc3ccccc3)CC2)CC1(Br)Br. The summed E-state index contributed by atoms with van der Waals surface area (Å²) in [5, 5.41) is 3.24. The molecular weight excluding hydrogens is 408 g/mol. The minimum absolute atomic E-state index is 0.169. The minimum Gasteiger partial charge on any atom is -0.353 e. The molecule has 0 radical (unpaired) electrons. The normalized spacial score (nSPS) is 28.3. The van der Waals surface area contributed by atoms with E-state index in [1.54, 1.807) is 0 Å². The maximum absolute atomic E-state index is 12.4. The lowest BCUT2D eigenvalue weighted by molar-refractivity contribution is -0.126. The van der Waals surface area contributed by atoms with E-state index in [4.69, 9.17) is 0 Å². The molecule has 1 saturated heterocycles. The number of nitrogens with one attached hydrogen (secondary N) is 1. The molecule has 2 fully saturated rings. The van der Waals surface area contributed by atoms with Crippen molar-refractivity contribution in [2.45, 2.75) is 42.0 Å². The molecule has 0 unspecified atom stereocenters. The number of benzene rings is 1. The van der Waals surface area contributed by atoms with Gasteiger partial charge >= 0.3 is 0 Å². The number of carbonyl (C=O) groups excluding carboxylic acids is 1. The summed E-state index contributed by atoms with van der Waals surface area (Å²) in [6.07, 6.45) is 2.91. The van der Waals surface area contributed by atoms with Crippen molar-refractivity contribution >= 4 is 37.8 Å². The standard InChI is InChI=1S/C17H22Br2N2O/c1-16(12-17(16,18)19)15(22)20-14-7-9-21(10-8-14)11-13-5-3-2-4-6-13/h2-6,14H,7-12H2,1H3,(H,20,22)/t16-/m0/s1. The Morgan fingerprint density at radius 2 is 1.86 bits per heavy atom. The summed E-state index contributed by atoms with van der Waals surface area (Å²) in [5.41, 5.74) is 1.05. The number of likely N-dealkylation sites (tertiary alicyclic amines) is 1. The summed E-state index contributed by atoms with van der Waals surface area (Å²) in [4.78, 5) is 14.9. The zero-order valence-electron chi connectivity index (χ0n) is 12.8. The lowest BCUT2D eigenvalue weighted by Gasteiger charge is -2.33. The van der Waals surface area contributed by atoms with Gasteiger partial charge in [-0.2, -0.15) is 0 Å². The third-order valence-electron chi connectivity index (χ3n) is 4.93. The van der Waals surface area contributed by atoms with E-state index in [1.807, 2.05) is 6.92 Å². The third kappa shape index (κ3) is 3.41. The molecule has 1 amide bonds. The molecule has 1 heterocycles. The second-order valence-electron chi connectivity index (χ2n) is 6.72. The van der Waals surface area contributed by atoms with Gasteiger partial charge in [-0.25, -0.2) is 0 Å². The number of rotatable bonds is 4. The van der Waals surface area contributed by atoms with Gasteiger partial charge in [0, 0.05) is 25.7 Å². The Morgan fingerprint density at radius 1 is 1.27 bits per heavy atom. The highest BCUT2D eigenvalue weighted by atomic mass is 79.9. The minimum atomic E-state index is -0.311. The fraction of sp³-hybridized carbons (Fsp3) is 0.588. The lowest BCUT2D eigenvalue weighted by atomic mass is 10.0. The molecule has 0 spiro atoms. The Kier molecular flexibility index (Phi) is 4.68. The van der Waals surface area contributed by atoms with Crippen LogP contribution in [0.15, 0.2) is 30.3 Å². The van der Waals surface area contributed by atoms with E-state index >= 15 is 0 Å². The van der Waals surface area contributed by atoms with Crippen molar-refractivity contribution in [1.29, 1.82) is 0 Å². The zero-order valence-corrected chi connectivity index (χ0v) is 16.0. The van der Waals surface area contributed by atoms with Crippen LogP contribution in [0, 0.1) is 5.41 Å². The summed E-state index contributed by atoms with van der Waals surface area (Å²) in [6.45, 7) is 5.11. The molecule has 1 saturated carbocycles. The molecule has 0 bridgehead atoms. The second-order valence-corrected chi connectivity index (χ2v) is 10.5. The average Bonchev–Trinajstić information content (AvgIpc) is 3.02. The Balaban J connectivity index is 1.45. The smallest absolute Gasteiger partial charge is 0.228 e. The van der Waals surface area contributed by atoms with Crippen molar-refractivity contribution in [3.8, 4) is 0 Å². The van der Waals surface area contributed by atoms with E-state index in [2.05, 4.69) is 72.4 Å². The molecule has 3 nitrogen and oxygen atoms in total. The van der Waals surface area contributed by atoms with Crippen molar-refractivity contribution in [3.63, 3.8) is 0 Å². The Morgan fingerprint density at radius 3 is 2.41 bits per heavy atom. The number of nitrogens with zero attached hydrogens (tertiary/aromatic N) is 1.